The molecule has 1 aromatic heterocycles. The summed E-state index contributed by atoms with van der Waals surface area (Å²) in [5.74, 6) is 0. The largest absolute Gasteiger partial charge is 0.447 e. The smallest absolute Gasteiger partial charge is 0.413 e. The summed E-state index contributed by atoms with van der Waals surface area (Å²) < 4.78 is 4.81. The van der Waals surface area contributed by atoms with Gasteiger partial charge >= 0.3 is 6.09 Å². The van der Waals surface area contributed by atoms with Crippen molar-refractivity contribution in [1.82, 2.24) is 10.2 Å². The van der Waals surface area contributed by atoms with E-state index in [9.17, 15) is 4.79 Å². The third kappa shape index (κ3) is 2.83. The molecule has 0 saturated heterocycles. The second-order valence-electron chi connectivity index (χ2n) is 2.32. The Kier molecular flexibility index (Phi) is 2.98. The van der Waals surface area contributed by atoms with Crippen LogP contribution < -0.4 is 5.32 Å². The molecule has 0 atom stereocenters. The van der Waals surface area contributed by atoms with Crippen molar-refractivity contribution < 1.29 is 9.53 Å². The predicted molar refractivity (Wildman–Crippen MR) is 45.1 cm³/mol. The lowest BCUT2D eigenvalue weighted by atomic mass is 10.5. The number of amides is 1. The molecule has 5 nitrogen and oxygen atoms in total. The molecule has 0 fully saturated rings. The number of anilines is 1. The van der Waals surface area contributed by atoms with E-state index in [0.717, 1.165) is 0 Å². The van der Waals surface area contributed by atoms with E-state index in [2.05, 4.69) is 15.5 Å². The molecule has 0 unspecified atom stereocenters. The minimum atomic E-state index is -0.498. The Hall–Kier alpha value is -1.17. The fraction of sp³-hybridized carbons (Fsp3) is 0.500. The van der Waals surface area contributed by atoms with E-state index in [1.54, 1.807) is 13.8 Å². The van der Waals surface area contributed by atoms with Gasteiger partial charge in [0.1, 0.15) is 5.51 Å². The number of carbonyl (C=O) groups excluding carboxylic acids is 1. The molecule has 1 amide bonds. The van der Waals surface area contributed by atoms with Gasteiger partial charge in [-0.3, -0.25) is 5.32 Å². The molecule has 6 heteroatoms. The summed E-state index contributed by atoms with van der Waals surface area (Å²) in [6.07, 6.45) is -0.625. The molecular weight excluding hydrogens is 178 g/mol. The summed E-state index contributed by atoms with van der Waals surface area (Å²) in [7, 11) is 0. The van der Waals surface area contributed by atoms with Gasteiger partial charge in [0.2, 0.25) is 5.13 Å². The fourth-order valence-electron chi connectivity index (χ4n) is 0.558. The molecule has 0 aromatic carbocycles. The highest BCUT2D eigenvalue weighted by Gasteiger charge is 2.06. The van der Waals surface area contributed by atoms with Gasteiger partial charge in [-0.05, 0) is 13.8 Å². The fourth-order valence-corrected chi connectivity index (χ4v) is 0.989. The lowest BCUT2D eigenvalue weighted by Gasteiger charge is -2.06. The molecular formula is C6H9N3O2S. The van der Waals surface area contributed by atoms with Gasteiger partial charge in [0.15, 0.2) is 0 Å². The van der Waals surface area contributed by atoms with Crippen molar-refractivity contribution >= 4 is 22.6 Å². The highest BCUT2D eigenvalue weighted by molar-refractivity contribution is 7.13. The minimum Gasteiger partial charge on any atom is -0.447 e. The van der Waals surface area contributed by atoms with Gasteiger partial charge in [-0.25, -0.2) is 4.79 Å². The van der Waals surface area contributed by atoms with Gasteiger partial charge in [-0.2, -0.15) is 0 Å². The second kappa shape index (κ2) is 4.01. The summed E-state index contributed by atoms with van der Waals surface area (Å²) >= 11 is 1.24. The van der Waals surface area contributed by atoms with Gasteiger partial charge in [0, 0.05) is 0 Å². The van der Waals surface area contributed by atoms with Crippen molar-refractivity contribution in [3.63, 3.8) is 0 Å². The van der Waals surface area contributed by atoms with Crippen molar-refractivity contribution in [2.75, 3.05) is 5.32 Å². The zero-order valence-electron chi connectivity index (χ0n) is 6.77. The highest BCUT2D eigenvalue weighted by atomic mass is 32.1. The molecule has 0 radical (unpaired) electrons. The topological polar surface area (TPSA) is 64.1 Å². The summed E-state index contributed by atoms with van der Waals surface area (Å²) in [5, 5.41) is 10.1. The van der Waals surface area contributed by atoms with E-state index in [0.29, 0.717) is 5.13 Å². The molecule has 0 saturated carbocycles. The number of nitrogens with zero attached hydrogens (tertiary/aromatic N) is 2. The first kappa shape index (κ1) is 8.92. The van der Waals surface area contributed by atoms with Gasteiger partial charge in [-0.1, -0.05) is 11.3 Å². The molecule has 0 bridgehead atoms. The van der Waals surface area contributed by atoms with Crippen LogP contribution in [0.25, 0.3) is 0 Å². The first-order valence-corrected chi connectivity index (χ1v) is 4.30. The average molecular weight is 187 g/mol. The van der Waals surface area contributed by atoms with E-state index in [1.807, 2.05) is 0 Å². The SMILES string of the molecule is CC(C)OC(=O)Nc1nncs1. The minimum absolute atomic E-state index is 0.127. The number of rotatable bonds is 2. The van der Waals surface area contributed by atoms with Crippen LogP contribution in [0.1, 0.15) is 13.8 Å². The summed E-state index contributed by atoms with van der Waals surface area (Å²) in [6.45, 7) is 3.55. The molecule has 0 aliphatic rings. The molecule has 0 aliphatic heterocycles. The molecule has 1 rings (SSSR count). The molecule has 1 N–H and O–H groups in total. The van der Waals surface area contributed by atoms with E-state index in [-0.39, 0.29) is 6.10 Å². The van der Waals surface area contributed by atoms with Crippen LogP contribution in [-0.4, -0.2) is 22.4 Å². The van der Waals surface area contributed by atoms with Crippen LogP contribution in [0, 0.1) is 0 Å². The number of carbonyl (C=O) groups is 1. The maximum Gasteiger partial charge on any atom is 0.413 e. The van der Waals surface area contributed by atoms with Crippen molar-refractivity contribution in [2.45, 2.75) is 20.0 Å². The number of hydrogen-bond acceptors (Lipinski definition) is 5. The zero-order valence-corrected chi connectivity index (χ0v) is 7.59. The van der Waals surface area contributed by atoms with Crippen LogP contribution in [0.4, 0.5) is 9.93 Å². The van der Waals surface area contributed by atoms with Crippen LogP contribution in [0.5, 0.6) is 0 Å². The Balaban J connectivity index is 2.37. The zero-order chi connectivity index (χ0) is 8.97. The third-order valence-electron chi connectivity index (χ3n) is 0.912. The molecule has 1 heterocycles. The Morgan fingerprint density at radius 1 is 1.75 bits per heavy atom. The van der Waals surface area contributed by atoms with Gasteiger partial charge in [-0.15, -0.1) is 10.2 Å². The van der Waals surface area contributed by atoms with E-state index >= 15 is 0 Å². The number of aromatic nitrogens is 2. The van der Waals surface area contributed by atoms with Gasteiger partial charge in [0.25, 0.3) is 0 Å². The molecule has 0 aliphatic carbocycles. The Labute approximate surface area is 73.8 Å². The van der Waals surface area contributed by atoms with Crippen LogP contribution in [0.2, 0.25) is 0 Å². The quantitative estimate of drug-likeness (QED) is 0.761. The number of hydrogen-bond donors (Lipinski definition) is 1. The summed E-state index contributed by atoms with van der Waals surface area (Å²) in [4.78, 5) is 10.9. The molecule has 66 valence electrons. The Bertz CT molecular complexity index is 247. The van der Waals surface area contributed by atoms with Crippen LogP contribution in [-0.2, 0) is 4.74 Å². The Morgan fingerprint density at radius 2 is 2.50 bits per heavy atom. The maximum atomic E-state index is 10.9. The van der Waals surface area contributed by atoms with E-state index < -0.39 is 6.09 Å². The lowest BCUT2D eigenvalue weighted by molar-refractivity contribution is 0.130. The molecule has 1 aromatic rings. The van der Waals surface area contributed by atoms with E-state index in [1.165, 1.54) is 16.8 Å². The predicted octanol–water partition coefficient (Wildman–Crippen LogP) is 1.49. The summed E-state index contributed by atoms with van der Waals surface area (Å²) in [6, 6.07) is 0. The number of nitrogens with one attached hydrogen (secondary N) is 1. The van der Waals surface area contributed by atoms with Crippen molar-refractivity contribution in [1.29, 1.82) is 0 Å². The number of ether oxygens (including phenoxy) is 1. The maximum absolute atomic E-state index is 10.9. The van der Waals surface area contributed by atoms with Crippen LogP contribution >= 0.6 is 11.3 Å². The van der Waals surface area contributed by atoms with Crippen molar-refractivity contribution in [3.05, 3.63) is 5.51 Å². The van der Waals surface area contributed by atoms with Crippen LogP contribution in [0.15, 0.2) is 5.51 Å². The molecule has 12 heavy (non-hydrogen) atoms. The summed E-state index contributed by atoms with van der Waals surface area (Å²) in [5.41, 5.74) is 1.53. The van der Waals surface area contributed by atoms with Gasteiger partial charge < -0.3 is 4.74 Å². The van der Waals surface area contributed by atoms with E-state index in [4.69, 9.17) is 4.74 Å². The third-order valence-corrected chi connectivity index (χ3v) is 1.52. The Morgan fingerprint density at radius 3 is 3.00 bits per heavy atom. The average Bonchev–Trinajstić information content (AvgIpc) is 2.37. The van der Waals surface area contributed by atoms with Crippen molar-refractivity contribution in [3.8, 4) is 0 Å². The second-order valence-corrected chi connectivity index (χ2v) is 3.16. The normalized spacial score (nSPS) is 9.92. The van der Waals surface area contributed by atoms with Gasteiger partial charge in [0.05, 0.1) is 6.10 Å². The van der Waals surface area contributed by atoms with Crippen molar-refractivity contribution in [2.24, 2.45) is 0 Å². The lowest BCUT2D eigenvalue weighted by Crippen LogP contribution is -2.17. The monoisotopic (exact) mass is 187 g/mol. The first-order chi connectivity index (χ1) is 5.68. The first-order valence-electron chi connectivity index (χ1n) is 3.42. The van der Waals surface area contributed by atoms with Crippen LogP contribution in [0.3, 0.4) is 0 Å². The standard InChI is InChI=1S/C6H9N3O2S/c1-4(2)11-6(10)8-5-9-7-3-12-5/h3-4H,1-2H3,(H,8,9,10). The highest BCUT2D eigenvalue weighted by Crippen LogP contribution is 2.08. The molecule has 0 spiro atoms.